The molecule has 0 fully saturated rings. The number of pyridine rings is 1. The fourth-order valence-corrected chi connectivity index (χ4v) is 1.76. The van der Waals surface area contributed by atoms with Crippen LogP contribution in [0.5, 0.6) is 0 Å². The van der Waals surface area contributed by atoms with Crippen molar-refractivity contribution in [2.75, 3.05) is 11.9 Å². The van der Waals surface area contributed by atoms with E-state index in [-0.39, 0.29) is 0 Å². The molecule has 0 saturated heterocycles. The number of anilines is 1. The van der Waals surface area contributed by atoms with Crippen LogP contribution in [0.15, 0.2) is 16.7 Å². The molecule has 70 valence electrons. The monoisotopic (exact) mass is 241 g/mol. The highest BCUT2D eigenvalue weighted by Crippen LogP contribution is 2.19. The number of hydrogen-bond donors (Lipinski definition) is 2. The molecule has 0 aliphatic carbocycles. The van der Waals surface area contributed by atoms with Crippen molar-refractivity contribution < 1.29 is 0 Å². The van der Waals surface area contributed by atoms with Gasteiger partial charge in [0.25, 0.3) is 0 Å². The lowest BCUT2D eigenvalue weighted by Gasteiger charge is -2.07. The number of halogens is 1. The Morgan fingerprint density at radius 3 is 3.31 bits per heavy atom. The molecule has 1 aliphatic rings. The molecular formula is C9H12BrN3. The van der Waals surface area contributed by atoms with Gasteiger partial charge in [-0.3, -0.25) is 0 Å². The summed E-state index contributed by atoms with van der Waals surface area (Å²) in [6.07, 6.45) is 1.82. The highest BCUT2D eigenvalue weighted by Gasteiger charge is 2.11. The minimum atomic E-state index is 0.493. The van der Waals surface area contributed by atoms with Crippen molar-refractivity contribution in [1.29, 1.82) is 0 Å². The van der Waals surface area contributed by atoms with Gasteiger partial charge in [-0.05, 0) is 28.9 Å². The van der Waals surface area contributed by atoms with Gasteiger partial charge in [0, 0.05) is 35.4 Å². The van der Waals surface area contributed by atoms with E-state index in [1.165, 1.54) is 5.56 Å². The van der Waals surface area contributed by atoms with Crippen LogP contribution in [-0.4, -0.2) is 17.6 Å². The molecule has 2 heterocycles. The summed E-state index contributed by atoms with van der Waals surface area (Å²) < 4.78 is 1.03. The zero-order valence-corrected chi connectivity index (χ0v) is 9.06. The van der Waals surface area contributed by atoms with Crippen molar-refractivity contribution >= 4 is 21.7 Å². The molecule has 1 unspecified atom stereocenters. The molecule has 3 nitrogen and oxygen atoms in total. The van der Waals surface area contributed by atoms with E-state index in [9.17, 15) is 0 Å². The molecule has 2 rings (SSSR count). The van der Waals surface area contributed by atoms with E-state index in [4.69, 9.17) is 0 Å². The Labute approximate surface area is 86.1 Å². The molecular weight excluding hydrogens is 230 g/mol. The third-order valence-corrected chi connectivity index (χ3v) is 2.58. The van der Waals surface area contributed by atoms with Gasteiger partial charge in [-0.15, -0.1) is 0 Å². The zero-order chi connectivity index (χ0) is 9.26. The highest BCUT2D eigenvalue weighted by atomic mass is 79.9. The normalized spacial score (nSPS) is 21.5. The molecule has 1 atom stereocenters. The number of nitrogens with one attached hydrogen (secondary N) is 2. The first kappa shape index (κ1) is 8.97. The van der Waals surface area contributed by atoms with E-state index in [1.54, 1.807) is 0 Å². The van der Waals surface area contributed by atoms with Crippen LogP contribution >= 0.6 is 15.9 Å². The van der Waals surface area contributed by atoms with Crippen LogP contribution < -0.4 is 10.6 Å². The Kier molecular flexibility index (Phi) is 2.51. The minimum Gasteiger partial charge on any atom is -0.368 e. The van der Waals surface area contributed by atoms with Crippen molar-refractivity contribution in [2.45, 2.75) is 19.5 Å². The van der Waals surface area contributed by atoms with E-state index in [0.29, 0.717) is 6.04 Å². The molecule has 2 N–H and O–H groups in total. The third-order valence-electron chi connectivity index (χ3n) is 2.15. The number of fused-ring (bicyclic) bond motifs is 1. The van der Waals surface area contributed by atoms with E-state index < -0.39 is 0 Å². The van der Waals surface area contributed by atoms with E-state index in [0.717, 1.165) is 23.4 Å². The smallest absolute Gasteiger partial charge is 0.130 e. The molecule has 4 heteroatoms. The topological polar surface area (TPSA) is 37.0 Å². The number of rotatable bonds is 0. The summed E-state index contributed by atoms with van der Waals surface area (Å²) in [5, 5.41) is 6.71. The van der Waals surface area contributed by atoms with Crippen LogP contribution in [0.25, 0.3) is 0 Å². The summed E-state index contributed by atoms with van der Waals surface area (Å²) in [6.45, 7) is 3.98. The third kappa shape index (κ3) is 2.00. The standard InChI is InChI=1S/C9H12BrN3/c1-6-3-12-9-7(4-11-6)2-8(10)5-13-9/h2,5-6,11H,3-4H2,1H3,(H,12,13). The van der Waals surface area contributed by atoms with E-state index >= 15 is 0 Å². The molecule has 13 heavy (non-hydrogen) atoms. The molecule has 0 spiro atoms. The minimum absolute atomic E-state index is 0.493. The summed E-state index contributed by atoms with van der Waals surface area (Å²) >= 11 is 3.41. The Bertz CT molecular complexity index is 314. The molecule has 0 saturated carbocycles. The predicted octanol–water partition coefficient (Wildman–Crippen LogP) is 1.75. The Morgan fingerprint density at radius 1 is 1.62 bits per heavy atom. The largest absolute Gasteiger partial charge is 0.368 e. The molecule has 1 aromatic rings. The maximum Gasteiger partial charge on any atom is 0.130 e. The maximum atomic E-state index is 4.32. The second-order valence-electron chi connectivity index (χ2n) is 3.32. The first-order valence-electron chi connectivity index (χ1n) is 4.37. The van der Waals surface area contributed by atoms with Crippen LogP contribution in [0.3, 0.4) is 0 Å². The Balaban J connectivity index is 2.30. The summed E-state index contributed by atoms with van der Waals surface area (Å²) in [5.41, 5.74) is 1.22. The first-order valence-corrected chi connectivity index (χ1v) is 5.16. The average molecular weight is 242 g/mol. The van der Waals surface area contributed by atoms with Gasteiger partial charge in [0.1, 0.15) is 5.82 Å². The fraction of sp³-hybridized carbons (Fsp3) is 0.444. The van der Waals surface area contributed by atoms with Crippen molar-refractivity contribution in [1.82, 2.24) is 10.3 Å². The second kappa shape index (κ2) is 3.64. The average Bonchev–Trinajstić information content (AvgIpc) is 2.29. The predicted molar refractivity (Wildman–Crippen MR) is 56.7 cm³/mol. The van der Waals surface area contributed by atoms with Gasteiger partial charge in [0.05, 0.1) is 0 Å². The molecule has 1 aromatic heterocycles. The molecule has 1 aliphatic heterocycles. The van der Waals surface area contributed by atoms with Crippen LogP contribution in [0.1, 0.15) is 12.5 Å². The lowest BCUT2D eigenvalue weighted by Crippen LogP contribution is -2.29. The number of nitrogens with zero attached hydrogens (tertiary/aromatic N) is 1. The van der Waals surface area contributed by atoms with Crippen LogP contribution in [0.2, 0.25) is 0 Å². The quantitative estimate of drug-likeness (QED) is 0.727. The second-order valence-corrected chi connectivity index (χ2v) is 4.24. The summed E-state index contributed by atoms with van der Waals surface area (Å²) in [5.74, 6) is 1.00. The van der Waals surface area contributed by atoms with Gasteiger partial charge >= 0.3 is 0 Å². The first-order chi connectivity index (χ1) is 6.25. The lowest BCUT2D eigenvalue weighted by atomic mass is 10.2. The maximum absolute atomic E-state index is 4.32. The van der Waals surface area contributed by atoms with Gasteiger partial charge in [0.15, 0.2) is 0 Å². The molecule has 0 aromatic carbocycles. The van der Waals surface area contributed by atoms with Crippen LogP contribution in [0.4, 0.5) is 5.82 Å². The SMILES string of the molecule is CC1CNc2ncc(Br)cc2CN1. The Hall–Kier alpha value is -0.610. The molecule has 0 radical (unpaired) electrons. The van der Waals surface area contributed by atoms with E-state index in [1.807, 2.05) is 6.20 Å². The summed E-state index contributed by atoms with van der Waals surface area (Å²) in [6, 6.07) is 2.59. The van der Waals surface area contributed by atoms with Gasteiger partial charge < -0.3 is 10.6 Å². The van der Waals surface area contributed by atoms with Crippen molar-refractivity contribution in [3.8, 4) is 0 Å². The van der Waals surface area contributed by atoms with Crippen molar-refractivity contribution in [3.05, 3.63) is 22.3 Å². The van der Waals surface area contributed by atoms with Gasteiger partial charge in [0.2, 0.25) is 0 Å². The number of hydrogen-bond acceptors (Lipinski definition) is 3. The fourth-order valence-electron chi connectivity index (χ4n) is 1.38. The summed E-state index contributed by atoms with van der Waals surface area (Å²) in [7, 11) is 0. The molecule has 0 amide bonds. The Morgan fingerprint density at radius 2 is 2.46 bits per heavy atom. The van der Waals surface area contributed by atoms with Gasteiger partial charge in [-0.25, -0.2) is 4.98 Å². The van der Waals surface area contributed by atoms with Crippen LogP contribution in [0, 0.1) is 0 Å². The van der Waals surface area contributed by atoms with Gasteiger partial charge in [-0.1, -0.05) is 0 Å². The lowest BCUT2D eigenvalue weighted by molar-refractivity contribution is 0.581. The van der Waals surface area contributed by atoms with Gasteiger partial charge in [-0.2, -0.15) is 0 Å². The zero-order valence-electron chi connectivity index (χ0n) is 7.47. The highest BCUT2D eigenvalue weighted by molar-refractivity contribution is 9.10. The van der Waals surface area contributed by atoms with Crippen molar-refractivity contribution in [2.24, 2.45) is 0 Å². The summed E-state index contributed by atoms with van der Waals surface area (Å²) in [4.78, 5) is 4.32. The van der Waals surface area contributed by atoms with Crippen LogP contribution in [-0.2, 0) is 6.54 Å². The van der Waals surface area contributed by atoms with Crippen molar-refractivity contribution in [3.63, 3.8) is 0 Å². The number of aromatic nitrogens is 1. The molecule has 0 bridgehead atoms. The van der Waals surface area contributed by atoms with E-state index in [2.05, 4.69) is 44.5 Å².